The number of hydrogen-bond donors (Lipinski definition) is 1. The highest BCUT2D eigenvalue weighted by atomic mass is 79.9. The summed E-state index contributed by atoms with van der Waals surface area (Å²) in [6.45, 7) is 0. The highest BCUT2D eigenvalue weighted by Crippen LogP contribution is 2.31. The molecule has 0 saturated heterocycles. The molecular weight excluding hydrogens is 302 g/mol. The van der Waals surface area contributed by atoms with Crippen molar-refractivity contribution in [3.8, 4) is 5.75 Å². The fourth-order valence-electron chi connectivity index (χ4n) is 2.67. The highest BCUT2D eigenvalue weighted by molar-refractivity contribution is 9.10. The SMILES string of the molecule is COc1ccc(Br)cc1NC1Cc2ccccc2C1. The average molecular weight is 318 g/mol. The maximum atomic E-state index is 5.40. The van der Waals surface area contributed by atoms with Gasteiger partial charge in [0.1, 0.15) is 5.75 Å². The van der Waals surface area contributed by atoms with Crippen LogP contribution in [0.5, 0.6) is 5.75 Å². The van der Waals surface area contributed by atoms with Gasteiger partial charge < -0.3 is 10.1 Å². The van der Waals surface area contributed by atoms with E-state index in [4.69, 9.17) is 4.74 Å². The summed E-state index contributed by atoms with van der Waals surface area (Å²) in [6, 6.07) is 15.1. The normalized spacial score (nSPS) is 14.2. The van der Waals surface area contributed by atoms with E-state index in [1.165, 1.54) is 11.1 Å². The fraction of sp³-hybridized carbons (Fsp3) is 0.250. The van der Waals surface area contributed by atoms with Crippen LogP contribution >= 0.6 is 15.9 Å². The number of ether oxygens (including phenoxy) is 1. The number of nitrogens with one attached hydrogen (secondary N) is 1. The summed E-state index contributed by atoms with van der Waals surface area (Å²) < 4.78 is 6.47. The number of fused-ring (bicyclic) bond motifs is 1. The van der Waals surface area contributed by atoms with Crippen molar-refractivity contribution in [3.63, 3.8) is 0 Å². The molecule has 0 fully saturated rings. The minimum absolute atomic E-state index is 0.445. The molecule has 0 unspecified atom stereocenters. The summed E-state index contributed by atoms with van der Waals surface area (Å²) in [4.78, 5) is 0. The second kappa shape index (κ2) is 5.25. The van der Waals surface area contributed by atoms with E-state index in [1.807, 2.05) is 12.1 Å². The zero-order valence-corrected chi connectivity index (χ0v) is 12.4. The molecular formula is C16H16BrNO. The summed E-state index contributed by atoms with van der Waals surface area (Å²) in [5.41, 5.74) is 3.96. The molecule has 3 rings (SSSR count). The minimum Gasteiger partial charge on any atom is -0.495 e. The predicted molar refractivity (Wildman–Crippen MR) is 82.0 cm³/mol. The lowest BCUT2D eigenvalue weighted by Gasteiger charge is -2.16. The first kappa shape index (κ1) is 12.5. The maximum absolute atomic E-state index is 5.40. The first-order chi connectivity index (χ1) is 9.26. The Balaban J connectivity index is 1.79. The first-order valence-corrected chi connectivity index (χ1v) is 7.22. The molecule has 0 amide bonds. The molecule has 0 heterocycles. The summed E-state index contributed by atoms with van der Waals surface area (Å²) in [7, 11) is 1.71. The van der Waals surface area contributed by atoms with E-state index in [0.717, 1.165) is 28.8 Å². The van der Waals surface area contributed by atoms with Gasteiger partial charge in [-0.3, -0.25) is 0 Å². The van der Waals surface area contributed by atoms with Crippen molar-refractivity contribution < 1.29 is 4.74 Å². The smallest absolute Gasteiger partial charge is 0.142 e. The van der Waals surface area contributed by atoms with Crippen LogP contribution in [-0.4, -0.2) is 13.2 Å². The number of methoxy groups -OCH3 is 1. The topological polar surface area (TPSA) is 21.3 Å². The van der Waals surface area contributed by atoms with Crippen molar-refractivity contribution in [3.05, 3.63) is 58.1 Å². The van der Waals surface area contributed by atoms with Crippen LogP contribution in [0.25, 0.3) is 0 Å². The summed E-state index contributed by atoms with van der Waals surface area (Å²) in [5, 5.41) is 3.59. The van der Waals surface area contributed by atoms with Crippen LogP contribution in [0.2, 0.25) is 0 Å². The highest BCUT2D eigenvalue weighted by Gasteiger charge is 2.21. The molecule has 0 aliphatic heterocycles. The van der Waals surface area contributed by atoms with Crippen molar-refractivity contribution in [2.75, 3.05) is 12.4 Å². The molecule has 2 nitrogen and oxygen atoms in total. The van der Waals surface area contributed by atoms with Crippen LogP contribution in [0, 0.1) is 0 Å². The van der Waals surface area contributed by atoms with Gasteiger partial charge in [0.05, 0.1) is 12.8 Å². The Kier molecular flexibility index (Phi) is 3.47. The summed E-state index contributed by atoms with van der Waals surface area (Å²) in [6.07, 6.45) is 2.15. The van der Waals surface area contributed by atoms with E-state index in [1.54, 1.807) is 7.11 Å². The molecule has 0 atom stereocenters. The van der Waals surface area contributed by atoms with Crippen LogP contribution in [0.1, 0.15) is 11.1 Å². The van der Waals surface area contributed by atoms with Crippen molar-refractivity contribution >= 4 is 21.6 Å². The van der Waals surface area contributed by atoms with Gasteiger partial charge in [-0.05, 0) is 42.2 Å². The van der Waals surface area contributed by atoms with Crippen LogP contribution in [0.15, 0.2) is 46.9 Å². The third-order valence-corrected chi connectivity index (χ3v) is 4.07. The Morgan fingerprint density at radius 3 is 2.42 bits per heavy atom. The predicted octanol–water partition coefficient (Wildman–Crippen LogP) is 4.04. The molecule has 0 aromatic heterocycles. The second-order valence-electron chi connectivity index (χ2n) is 4.86. The summed E-state index contributed by atoms with van der Waals surface area (Å²) >= 11 is 3.51. The number of halogens is 1. The Morgan fingerprint density at radius 2 is 1.79 bits per heavy atom. The molecule has 1 aliphatic carbocycles. The van der Waals surface area contributed by atoms with Crippen molar-refractivity contribution in [1.29, 1.82) is 0 Å². The molecule has 19 heavy (non-hydrogen) atoms. The Labute approximate surface area is 121 Å². The second-order valence-corrected chi connectivity index (χ2v) is 5.78. The molecule has 0 bridgehead atoms. The lowest BCUT2D eigenvalue weighted by Crippen LogP contribution is -2.19. The quantitative estimate of drug-likeness (QED) is 0.922. The molecule has 0 spiro atoms. The maximum Gasteiger partial charge on any atom is 0.142 e. The largest absolute Gasteiger partial charge is 0.495 e. The van der Waals surface area contributed by atoms with E-state index in [-0.39, 0.29) is 0 Å². The van der Waals surface area contributed by atoms with Gasteiger partial charge in [-0.1, -0.05) is 40.2 Å². The number of benzene rings is 2. The van der Waals surface area contributed by atoms with E-state index >= 15 is 0 Å². The van der Waals surface area contributed by atoms with Crippen LogP contribution < -0.4 is 10.1 Å². The average Bonchev–Trinajstić information content (AvgIpc) is 2.81. The molecule has 1 N–H and O–H groups in total. The van der Waals surface area contributed by atoms with Crippen molar-refractivity contribution in [1.82, 2.24) is 0 Å². The first-order valence-electron chi connectivity index (χ1n) is 6.43. The van der Waals surface area contributed by atoms with Crippen molar-refractivity contribution in [2.24, 2.45) is 0 Å². The molecule has 3 heteroatoms. The molecule has 98 valence electrons. The van der Waals surface area contributed by atoms with Gasteiger partial charge in [0.2, 0.25) is 0 Å². The lowest BCUT2D eigenvalue weighted by atomic mass is 10.1. The Morgan fingerprint density at radius 1 is 1.11 bits per heavy atom. The van der Waals surface area contributed by atoms with Gasteiger partial charge in [-0.15, -0.1) is 0 Å². The molecule has 0 saturated carbocycles. The van der Waals surface area contributed by atoms with Gasteiger partial charge in [0.15, 0.2) is 0 Å². The fourth-order valence-corrected chi connectivity index (χ4v) is 3.03. The minimum atomic E-state index is 0.445. The zero-order chi connectivity index (χ0) is 13.2. The van der Waals surface area contributed by atoms with Gasteiger partial charge in [-0.25, -0.2) is 0 Å². The van der Waals surface area contributed by atoms with Crippen LogP contribution in [0.3, 0.4) is 0 Å². The van der Waals surface area contributed by atoms with E-state index in [9.17, 15) is 0 Å². The number of rotatable bonds is 3. The van der Waals surface area contributed by atoms with E-state index in [2.05, 4.69) is 51.6 Å². The van der Waals surface area contributed by atoms with Gasteiger partial charge in [0.25, 0.3) is 0 Å². The molecule has 2 aromatic carbocycles. The number of anilines is 1. The van der Waals surface area contributed by atoms with Gasteiger partial charge >= 0.3 is 0 Å². The van der Waals surface area contributed by atoms with Crippen LogP contribution in [-0.2, 0) is 12.8 Å². The Hall–Kier alpha value is -1.48. The lowest BCUT2D eigenvalue weighted by molar-refractivity contribution is 0.416. The standard InChI is InChI=1S/C16H16BrNO/c1-19-16-7-6-13(17)10-15(16)18-14-8-11-4-2-3-5-12(11)9-14/h2-7,10,14,18H,8-9H2,1H3. The van der Waals surface area contributed by atoms with E-state index < -0.39 is 0 Å². The molecule has 1 aliphatic rings. The van der Waals surface area contributed by atoms with Gasteiger partial charge in [-0.2, -0.15) is 0 Å². The zero-order valence-electron chi connectivity index (χ0n) is 10.8. The third kappa shape index (κ3) is 2.61. The third-order valence-electron chi connectivity index (χ3n) is 3.57. The van der Waals surface area contributed by atoms with Gasteiger partial charge in [0, 0.05) is 10.5 Å². The summed E-state index contributed by atoms with van der Waals surface area (Å²) in [5.74, 6) is 0.888. The molecule has 0 radical (unpaired) electrons. The Bertz CT molecular complexity index is 572. The monoisotopic (exact) mass is 317 g/mol. The molecule has 2 aromatic rings. The number of hydrogen-bond acceptors (Lipinski definition) is 2. The van der Waals surface area contributed by atoms with E-state index in [0.29, 0.717) is 6.04 Å². The van der Waals surface area contributed by atoms with Crippen LogP contribution in [0.4, 0.5) is 5.69 Å². The van der Waals surface area contributed by atoms with Crippen molar-refractivity contribution in [2.45, 2.75) is 18.9 Å².